The van der Waals surface area contributed by atoms with Crippen molar-refractivity contribution < 1.29 is 22.4 Å². The Hall–Kier alpha value is -1.89. The van der Waals surface area contributed by atoms with Crippen molar-refractivity contribution in [1.82, 2.24) is 0 Å². The van der Waals surface area contributed by atoms with Gasteiger partial charge in [-0.15, -0.1) is 0 Å². The number of aryl methyl sites for hydroxylation is 2. The van der Waals surface area contributed by atoms with Gasteiger partial charge < -0.3 is 9.84 Å². The molecule has 0 bridgehead atoms. The Morgan fingerprint density at radius 3 is 2.38 bits per heavy atom. The Morgan fingerprint density at radius 1 is 1.04 bits per heavy atom. The third-order valence-electron chi connectivity index (χ3n) is 3.53. The lowest BCUT2D eigenvalue weighted by Gasteiger charge is -2.13. The Kier molecular flexibility index (Phi) is 6.36. The van der Waals surface area contributed by atoms with Gasteiger partial charge in [0.2, 0.25) is 0 Å². The Labute approximate surface area is 143 Å². The summed E-state index contributed by atoms with van der Waals surface area (Å²) in [4.78, 5) is 0.0801. The molecule has 1 N–H and O–H groups in total. The van der Waals surface area contributed by atoms with Crippen LogP contribution < -0.4 is 4.74 Å². The standard InChI is InChI=1S/C18H22O5S/c1-14-7-9-17(10-8-14)24(20,21)23-13-16(19)11-12-22-18-6-4-3-5-15(18)2/h3-10,16,19H,11-13H2,1-2H3. The van der Waals surface area contributed by atoms with E-state index in [2.05, 4.69) is 0 Å². The van der Waals surface area contributed by atoms with E-state index in [1.54, 1.807) is 12.1 Å². The SMILES string of the molecule is Cc1ccc(S(=O)(=O)OCC(O)CCOc2ccccc2C)cc1. The van der Waals surface area contributed by atoms with Gasteiger partial charge in [-0.2, -0.15) is 8.42 Å². The van der Waals surface area contributed by atoms with E-state index in [9.17, 15) is 13.5 Å². The molecule has 130 valence electrons. The summed E-state index contributed by atoms with van der Waals surface area (Å²) in [6.45, 7) is 3.78. The third kappa shape index (κ3) is 5.33. The van der Waals surface area contributed by atoms with Crippen LogP contribution in [0.15, 0.2) is 53.4 Å². The minimum atomic E-state index is -3.86. The van der Waals surface area contributed by atoms with Gasteiger partial charge in [0.1, 0.15) is 5.75 Å². The molecule has 2 rings (SSSR count). The van der Waals surface area contributed by atoms with Crippen LogP contribution in [-0.4, -0.2) is 32.8 Å². The first kappa shape index (κ1) is 18.4. The minimum Gasteiger partial charge on any atom is -0.493 e. The van der Waals surface area contributed by atoms with E-state index in [4.69, 9.17) is 8.92 Å². The van der Waals surface area contributed by atoms with Crippen LogP contribution in [0.5, 0.6) is 5.75 Å². The predicted molar refractivity (Wildman–Crippen MR) is 91.6 cm³/mol. The molecular weight excluding hydrogens is 328 g/mol. The zero-order valence-corrected chi connectivity index (χ0v) is 14.6. The van der Waals surface area contributed by atoms with Crippen LogP contribution in [-0.2, 0) is 14.3 Å². The highest BCUT2D eigenvalue weighted by atomic mass is 32.2. The average Bonchev–Trinajstić information content (AvgIpc) is 2.55. The maximum atomic E-state index is 12.0. The normalized spacial score (nSPS) is 12.8. The van der Waals surface area contributed by atoms with Crippen LogP contribution in [0.25, 0.3) is 0 Å². The molecule has 0 radical (unpaired) electrons. The lowest BCUT2D eigenvalue weighted by atomic mass is 10.2. The summed E-state index contributed by atoms with van der Waals surface area (Å²) < 4.78 is 34.5. The number of hydrogen-bond acceptors (Lipinski definition) is 5. The lowest BCUT2D eigenvalue weighted by Crippen LogP contribution is -2.21. The van der Waals surface area contributed by atoms with Crippen molar-refractivity contribution in [2.45, 2.75) is 31.3 Å². The molecule has 24 heavy (non-hydrogen) atoms. The fourth-order valence-corrected chi connectivity index (χ4v) is 2.99. The van der Waals surface area contributed by atoms with Gasteiger partial charge in [-0.25, -0.2) is 0 Å². The summed E-state index contributed by atoms with van der Waals surface area (Å²) in [5.41, 5.74) is 1.97. The van der Waals surface area contributed by atoms with E-state index in [1.165, 1.54) is 12.1 Å². The number of rotatable bonds is 8. The van der Waals surface area contributed by atoms with Gasteiger partial charge in [-0.3, -0.25) is 4.18 Å². The largest absolute Gasteiger partial charge is 0.493 e. The van der Waals surface area contributed by atoms with Crippen molar-refractivity contribution in [1.29, 1.82) is 0 Å². The zero-order chi connectivity index (χ0) is 17.6. The molecule has 5 nitrogen and oxygen atoms in total. The molecule has 0 aliphatic carbocycles. The van der Waals surface area contributed by atoms with Gasteiger partial charge in [0, 0.05) is 6.42 Å². The Morgan fingerprint density at radius 2 is 1.71 bits per heavy atom. The van der Waals surface area contributed by atoms with Crippen LogP contribution in [0.1, 0.15) is 17.5 Å². The molecule has 2 aromatic rings. The molecule has 0 aliphatic rings. The van der Waals surface area contributed by atoms with E-state index in [-0.39, 0.29) is 24.5 Å². The number of aliphatic hydroxyl groups excluding tert-OH is 1. The quantitative estimate of drug-likeness (QED) is 0.741. The molecule has 0 fully saturated rings. The first-order chi connectivity index (χ1) is 11.4. The van der Waals surface area contributed by atoms with Crippen molar-refractivity contribution in [3.8, 4) is 5.75 Å². The van der Waals surface area contributed by atoms with Crippen molar-refractivity contribution in [2.75, 3.05) is 13.2 Å². The molecule has 2 aromatic carbocycles. The average molecular weight is 350 g/mol. The molecule has 0 spiro atoms. The van der Waals surface area contributed by atoms with Crippen LogP contribution in [0.3, 0.4) is 0 Å². The fraction of sp³-hybridized carbons (Fsp3) is 0.333. The third-order valence-corrected chi connectivity index (χ3v) is 4.82. The Balaban J connectivity index is 1.79. The summed E-state index contributed by atoms with van der Waals surface area (Å²) >= 11 is 0. The zero-order valence-electron chi connectivity index (χ0n) is 13.8. The minimum absolute atomic E-state index is 0.0801. The topological polar surface area (TPSA) is 72.8 Å². The molecular formula is C18H22O5S. The van der Waals surface area contributed by atoms with Crippen LogP contribution in [0.2, 0.25) is 0 Å². The monoisotopic (exact) mass is 350 g/mol. The molecule has 1 unspecified atom stereocenters. The van der Waals surface area contributed by atoms with Gasteiger partial charge in [0.15, 0.2) is 0 Å². The number of aliphatic hydroxyl groups is 1. The highest BCUT2D eigenvalue weighted by Crippen LogP contribution is 2.17. The molecule has 0 saturated carbocycles. The van der Waals surface area contributed by atoms with Gasteiger partial charge in [0.05, 0.1) is 24.2 Å². The van der Waals surface area contributed by atoms with Crippen molar-refractivity contribution in [3.05, 3.63) is 59.7 Å². The van der Waals surface area contributed by atoms with E-state index in [1.807, 2.05) is 38.1 Å². The van der Waals surface area contributed by atoms with E-state index < -0.39 is 16.2 Å². The maximum absolute atomic E-state index is 12.0. The maximum Gasteiger partial charge on any atom is 0.297 e. The van der Waals surface area contributed by atoms with E-state index in [0.29, 0.717) is 0 Å². The highest BCUT2D eigenvalue weighted by molar-refractivity contribution is 7.86. The summed E-state index contributed by atoms with van der Waals surface area (Å²) in [6.07, 6.45) is -0.646. The van der Waals surface area contributed by atoms with E-state index in [0.717, 1.165) is 16.9 Å². The lowest BCUT2D eigenvalue weighted by molar-refractivity contribution is 0.0882. The molecule has 1 atom stereocenters. The van der Waals surface area contributed by atoms with Crippen molar-refractivity contribution in [2.24, 2.45) is 0 Å². The molecule has 0 saturated heterocycles. The number of hydrogen-bond donors (Lipinski definition) is 1. The number of ether oxygens (including phenoxy) is 1. The summed E-state index contributed by atoms with van der Waals surface area (Å²) in [5, 5.41) is 9.88. The molecule has 6 heteroatoms. The van der Waals surface area contributed by atoms with Crippen LogP contribution >= 0.6 is 0 Å². The highest BCUT2D eigenvalue weighted by Gasteiger charge is 2.17. The summed E-state index contributed by atoms with van der Waals surface area (Å²) in [6, 6.07) is 13.9. The van der Waals surface area contributed by atoms with Crippen LogP contribution in [0, 0.1) is 13.8 Å². The van der Waals surface area contributed by atoms with Gasteiger partial charge in [0.25, 0.3) is 10.1 Å². The second-order valence-electron chi connectivity index (χ2n) is 5.61. The first-order valence-corrected chi connectivity index (χ1v) is 9.12. The molecule has 0 heterocycles. The molecule has 0 aliphatic heterocycles. The van der Waals surface area contributed by atoms with Crippen molar-refractivity contribution >= 4 is 10.1 Å². The molecule has 0 amide bonds. The second kappa shape index (κ2) is 8.28. The van der Waals surface area contributed by atoms with Gasteiger partial charge in [-0.1, -0.05) is 35.9 Å². The number of benzene rings is 2. The van der Waals surface area contributed by atoms with Crippen molar-refractivity contribution in [3.63, 3.8) is 0 Å². The van der Waals surface area contributed by atoms with Gasteiger partial charge >= 0.3 is 0 Å². The van der Waals surface area contributed by atoms with E-state index >= 15 is 0 Å². The predicted octanol–water partition coefficient (Wildman–Crippen LogP) is 2.84. The number of para-hydroxylation sites is 1. The first-order valence-electron chi connectivity index (χ1n) is 7.71. The second-order valence-corrected chi connectivity index (χ2v) is 7.22. The Bertz CT molecular complexity index is 753. The molecule has 0 aromatic heterocycles. The summed E-state index contributed by atoms with van der Waals surface area (Å²) in [7, 11) is -3.86. The van der Waals surface area contributed by atoms with Gasteiger partial charge in [-0.05, 0) is 37.6 Å². The smallest absolute Gasteiger partial charge is 0.297 e. The fourth-order valence-electron chi connectivity index (χ4n) is 2.05. The summed E-state index contributed by atoms with van der Waals surface area (Å²) in [5.74, 6) is 0.748. The van der Waals surface area contributed by atoms with Crippen LogP contribution in [0.4, 0.5) is 0 Å².